The molecule has 2 unspecified atom stereocenters. The van der Waals surface area contributed by atoms with Gasteiger partial charge in [-0.05, 0) is 317 Å². The fourth-order valence-electron chi connectivity index (χ4n) is 22.1. The lowest BCUT2D eigenvalue weighted by Crippen LogP contribution is -2.29. The summed E-state index contributed by atoms with van der Waals surface area (Å²) in [6, 6.07) is 138. The lowest BCUT2D eigenvalue weighted by molar-refractivity contribution is 0.480. The lowest BCUT2D eigenvalue weighted by atomic mass is 9.67. The van der Waals surface area contributed by atoms with Gasteiger partial charge in [-0.3, -0.25) is 0 Å². The molecule has 0 N–H and O–H groups in total. The summed E-state index contributed by atoms with van der Waals surface area (Å²) in [6.45, 7) is 0. The van der Waals surface area contributed by atoms with Crippen molar-refractivity contribution in [3.05, 3.63) is 489 Å². The van der Waals surface area contributed by atoms with E-state index in [1.54, 1.807) is 24.3 Å². The molecule has 0 aliphatic heterocycles. The summed E-state index contributed by atoms with van der Waals surface area (Å²) in [5, 5.41) is 4.14. The van der Waals surface area contributed by atoms with Crippen molar-refractivity contribution in [2.75, 3.05) is 9.80 Å². The van der Waals surface area contributed by atoms with Gasteiger partial charge in [-0.2, -0.15) is 0 Å². The summed E-state index contributed by atoms with van der Waals surface area (Å²) in [4.78, 5) is 4.83. The number of nitrogens with zero attached hydrogens (tertiary/aromatic N) is 2. The second kappa shape index (κ2) is 26.3. The maximum atomic E-state index is 15.7. The van der Waals surface area contributed by atoms with Crippen LogP contribution in [-0.2, 0) is 41.9 Å². The van der Waals surface area contributed by atoms with E-state index in [1.165, 1.54) is 33.4 Å². The predicted molar refractivity (Wildman–Crippen MR) is 489 cm³/mol. The van der Waals surface area contributed by atoms with Gasteiger partial charge in [0.15, 0.2) is 0 Å². The molecule has 6 nitrogen and oxygen atoms in total. The number of fused-ring (bicyclic) bond motifs is 24. The number of anilines is 6. The zero-order valence-electron chi connectivity index (χ0n) is 66.6. The van der Waals surface area contributed by atoms with Gasteiger partial charge in [0, 0.05) is 67.8 Å². The van der Waals surface area contributed by atoms with Gasteiger partial charge in [0.05, 0.1) is 16.2 Å². The zero-order chi connectivity index (χ0) is 81.0. The van der Waals surface area contributed by atoms with E-state index in [1.807, 2.05) is 48.5 Å². The first-order valence-corrected chi connectivity index (χ1v) is 42.4. The molecule has 0 radical (unpaired) electrons. The minimum absolute atomic E-state index is 0.306. The number of aryl methyl sites for hydroxylation is 4. The molecule has 0 bridgehead atoms. The number of benzene rings is 18. The van der Waals surface area contributed by atoms with Crippen molar-refractivity contribution in [3.63, 3.8) is 0 Å². The molecule has 18 aromatic carbocycles. The molecule has 2 heterocycles. The van der Waals surface area contributed by atoms with Crippen molar-refractivity contribution in [1.29, 1.82) is 0 Å². The van der Waals surface area contributed by atoms with E-state index >= 15 is 8.78 Å². The SMILES string of the molecule is Fc1ccc(C2(c3ccc(Oc4ccc5c(c4)CC5)cc3)c3ccccc3-c3ccc(N(c4ccc5c(c4)C4(c6ccccc6-5)c5ccccc5-c5ccc(N(c6ccc7c(c6)C(c6ccc(F)cc6)(c6ccc(Oc8ccc9c(c8)CC9)cc6)c6ccccc6-7)c6ccc7c(c6)oc6ccccc67)cc54)c4ccc5c(c4)oc4ccccc45)cc32)cc1. The third-order valence-corrected chi connectivity index (χ3v) is 27.7. The van der Waals surface area contributed by atoms with Gasteiger partial charge in [-0.1, -0.05) is 218 Å². The number of halogens is 2. The normalized spacial score (nSPS) is 16.7. The predicted octanol–water partition coefficient (Wildman–Crippen LogP) is 29.6. The topological polar surface area (TPSA) is 51.2 Å². The Morgan fingerprint density at radius 1 is 0.211 bits per heavy atom. The maximum absolute atomic E-state index is 15.7. The summed E-state index contributed by atoms with van der Waals surface area (Å²) in [5.41, 5.74) is 33.2. The Labute approximate surface area is 708 Å². The van der Waals surface area contributed by atoms with Crippen LogP contribution in [0.1, 0.15) is 89.0 Å². The largest absolute Gasteiger partial charge is 0.457 e. The van der Waals surface area contributed by atoms with Crippen molar-refractivity contribution in [1.82, 2.24) is 0 Å². The van der Waals surface area contributed by atoms with Gasteiger partial charge in [-0.25, -0.2) is 8.78 Å². The molecule has 1 spiro atoms. The molecule has 0 saturated carbocycles. The first kappa shape index (κ1) is 69.6. The first-order chi connectivity index (χ1) is 60.7. The van der Waals surface area contributed by atoms with Crippen LogP contribution in [0.2, 0.25) is 0 Å². The number of para-hydroxylation sites is 2. The molecule has 2 atom stereocenters. The molecular formula is C115H72F2N2O4. The number of rotatable bonds is 14. The summed E-state index contributed by atoms with van der Waals surface area (Å²) in [5.74, 6) is 2.48. The van der Waals surface area contributed by atoms with E-state index in [4.69, 9.17) is 18.3 Å². The van der Waals surface area contributed by atoms with E-state index < -0.39 is 16.2 Å². The average Bonchev–Trinajstić information content (AvgIpc) is 1.51. The van der Waals surface area contributed by atoms with E-state index in [9.17, 15) is 0 Å². The minimum atomic E-state index is -0.926. The Kier molecular flexibility index (Phi) is 14.9. The Hall–Kier alpha value is -15.4. The van der Waals surface area contributed by atoms with Crippen LogP contribution in [0, 0.1) is 11.6 Å². The van der Waals surface area contributed by atoms with Gasteiger partial charge in [0.2, 0.25) is 0 Å². The van der Waals surface area contributed by atoms with Crippen LogP contribution in [0.3, 0.4) is 0 Å². The van der Waals surface area contributed by atoms with Crippen molar-refractivity contribution < 1.29 is 27.1 Å². The Balaban J connectivity index is 0.677. The summed E-state index contributed by atoms with van der Waals surface area (Å²) < 4.78 is 58.4. The fraction of sp³-hybridized carbons (Fsp3) is 0.0609. The van der Waals surface area contributed by atoms with Crippen LogP contribution in [0.15, 0.2) is 397 Å². The van der Waals surface area contributed by atoms with E-state index in [0.29, 0.717) is 0 Å². The molecule has 0 fully saturated rings. The van der Waals surface area contributed by atoms with Gasteiger partial charge in [0.25, 0.3) is 0 Å². The van der Waals surface area contributed by atoms with Crippen molar-refractivity contribution >= 4 is 78.0 Å². The highest BCUT2D eigenvalue weighted by Crippen LogP contribution is 2.66. The molecule has 6 aliphatic carbocycles. The third-order valence-electron chi connectivity index (χ3n) is 27.7. The molecule has 26 rings (SSSR count). The number of furan rings is 2. The highest BCUT2D eigenvalue weighted by atomic mass is 19.1. The Bertz CT molecular complexity index is 7410. The molecule has 0 amide bonds. The van der Waals surface area contributed by atoms with E-state index in [0.717, 1.165) is 227 Å². The Morgan fingerprint density at radius 3 is 0.837 bits per heavy atom. The monoisotopic (exact) mass is 1580 g/mol. The summed E-state index contributed by atoms with van der Waals surface area (Å²) >= 11 is 0. The van der Waals surface area contributed by atoms with Crippen LogP contribution in [-0.4, -0.2) is 0 Å². The number of hydrogen-bond donors (Lipinski definition) is 0. The fourth-order valence-corrected chi connectivity index (χ4v) is 22.1. The lowest BCUT2D eigenvalue weighted by Gasteiger charge is -2.35. The molecule has 20 aromatic rings. The van der Waals surface area contributed by atoms with E-state index in [2.05, 4.69) is 325 Å². The van der Waals surface area contributed by atoms with E-state index in [-0.39, 0.29) is 11.6 Å². The van der Waals surface area contributed by atoms with Crippen LogP contribution in [0.5, 0.6) is 23.0 Å². The first-order valence-electron chi connectivity index (χ1n) is 42.4. The van der Waals surface area contributed by atoms with Crippen LogP contribution in [0.25, 0.3) is 88.4 Å². The van der Waals surface area contributed by atoms with Gasteiger partial charge in [0.1, 0.15) is 57.0 Å². The second-order valence-electron chi connectivity index (χ2n) is 33.7. The summed E-state index contributed by atoms with van der Waals surface area (Å²) in [6.07, 6.45) is 4.30. The molecule has 8 heteroatoms. The van der Waals surface area contributed by atoms with Crippen LogP contribution >= 0.6 is 0 Å². The number of ether oxygens (including phenoxy) is 2. The van der Waals surface area contributed by atoms with Crippen LogP contribution in [0.4, 0.5) is 42.9 Å². The molecule has 0 saturated heterocycles. The summed E-state index contributed by atoms with van der Waals surface area (Å²) in [7, 11) is 0. The zero-order valence-corrected chi connectivity index (χ0v) is 66.6. The molecule has 580 valence electrons. The van der Waals surface area contributed by atoms with Gasteiger partial charge < -0.3 is 28.1 Å². The van der Waals surface area contributed by atoms with Crippen molar-refractivity contribution in [2.24, 2.45) is 0 Å². The molecule has 6 aliphatic rings. The maximum Gasteiger partial charge on any atom is 0.137 e. The van der Waals surface area contributed by atoms with Crippen molar-refractivity contribution in [3.8, 4) is 67.5 Å². The quantitative estimate of drug-likeness (QED) is 0.108. The van der Waals surface area contributed by atoms with Gasteiger partial charge in [-0.15, -0.1) is 0 Å². The highest BCUT2D eigenvalue weighted by molar-refractivity contribution is 6.08. The van der Waals surface area contributed by atoms with Crippen molar-refractivity contribution in [2.45, 2.75) is 41.9 Å². The highest BCUT2D eigenvalue weighted by Gasteiger charge is 2.54. The minimum Gasteiger partial charge on any atom is -0.457 e. The molecule has 2 aromatic heterocycles. The molecule has 123 heavy (non-hydrogen) atoms. The number of hydrogen-bond acceptors (Lipinski definition) is 6. The smallest absolute Gasteiger partial charge is 0.137 e. The third kappa shape index (κ3) is 10.1. The standard InChI is InChI=1S/C115H72F2N2O4/c116-77-39-31-73(32-40-77)113(75-35-51-85(52-36-75)120-87-49-29-69-25-27-71(69)61-87)101-19-7-1-13-89(101)93-55-43-79(63-105(93)113)118(83-47-59-99-97-17-5-11-23-109(97)122-111(99)67-83)81-45-57-95-91-15-3-9-21-103(91)115(107(95)65-81)104-22-10-4-16-92(104)96-58-46-82(66-108(96)115)119(84-48-60-100-98-18-6-12-24-110(98)123-112(100)68-84)80-44-56-94-90-14-2-8-20-102(90)114(106(94)64-80,74-33-41-78(117)42-34-74)76-37-53-86(54-38-76)121-88-50-30-70-26-28-72(70)62-88/h1-24,29-68H,25-28H2. The average molecular weight is 1580 g/mol. The van der Waals surface area contributed by atoms with Crippen LogP contribution < -0.4 is 19.3 Å². The second-order valence-corrected chi connectivity index (χ2v) is 33.7. The van der Waals surface area contributed by atoms with Gasteiger partial charge >= 0.3 is 0 Å². The Morgan fingerprint density at radius 2 is 0.488 bits per heavy atom. The molecular weight excluding hydrogens is 1510 g/mol.